The average molecular weight is 244 g/mol. The van der Waals surface area contributed by atoms with Gasteiger partial charge in [-0.1, -0.05) is 13.0 Å². The number of imidazole rings is 1. The molecule has 1 unspecified atom stereocenters. The zero-order chi connectivity index (χ0) is 12.8. The zero-order valence-corrected chi connectivity index (χ0v) is 11.0. The molecular formula is C14H20N4. The molecule has 0 spiro atoms. The van der Waals surface area contributed by atoms with E-state index in [1.165, 1.54) is 0 Å². The third kappa shape index (κ3) is 3.40. The van der Waals surface area contributed by atoms with Gasteiger partial charge in [0.1, 0.15) is 5.82 Å². The monoisotopic (exact) mass is 244 g/mol. The summed E-state index contributed by atoms with van der Waals surface area (Å²) in [5.74, 6) is 0.967. The van der Waals surface area contributed by atoms with E-state index in [0.717, 1.165) is 36.6 Å². The van der Waals surface area contributed by atoms with Gasteiger partial charge in [-0.15, -0.1) is 0 Å². The second-order valence-electron chi connectivity index (χ2n) is 4.46. The molecule has 0 saturated heterocycles. The Morgan fingerprint density at radius 1 is 1.33 bits per heavy atom. The van der Waals surface area contributed by atoms with Crippen LogP contribution in [0.15, 0.2) is 30.6 Å². The van der Waals surface area contributed by atoms with Crippen molar-refractivity contribution >= 4 is 0 Å². The molecule has 0 bridgehead atoms. The highest BCUT2D eigenvalue weighted by Gasteiger charge is 2.08. The van der Waals surface area contributed by atoms with Gasteiger partial charge in [0.05, 0.1) is 5.69 Å². The van der Waals surface area contributed by atoms with Gasteiger partial charge in [0.25, 0.3) is 0 Å². The van der Waals surface area contributed by atoms with E-state index in [4.69, 9.17) is 0 Å². The fourth-order valence-corrected chi connectivity index (χ4v) is 1.83. The summed E-state index contributed by atoms with van der Waals surface area (Å²) in [6, 6.07) is 6.25. The summed E-state index contributed by atoms with van der Waals surface area (Å²) < 4.78 is 0. The minimum absolute atomic E-state index is 0.315. The number of rotatable bonds is 6. The fraction of sp³-hybridized carbons (Fsp3) is 0.429. The van der Waals surface area contributed by atoms with Gasteiger partial charge in [-0.25, -0.2) is 4.98 Å². The Morgan fingerprint density at radius 3 is 2.94 bits per heavy atom. The molecule has 18 heavy (non-hydrogen) atoms. The molecule has 4 nitrogen and oxygen atoms in total. The number of H-pyrrole nitrogens is 1. The summed E-state index contributed by atoms with van der Waals surface area (Å²) in [5, 5.41) is 3.44. The molecule has 1 atom stereocenters. The molecule has 0 fully saturated rings. The highest BCUT2D eigenvalue weighted by molar-refractivity contribution is 5.13. The first-order chi connectivity index (χ1) is 8.79. The van der Waals surface area contributed by atoms with Gasteiger partial charge in [-0.3, -0.25) is 4.98 Å². The molecule has 0 aliphatic carbocycles. The molecule has 0 aliphatic rings. The van der Waals surface area contributed by atoms with Crippen molar-refractivity contribution in [3.63, 3.8) is 0 Å². The molecule has 2 heterocycles. The molecule has 0 aromatic carbocycles. The van der Waals surface area contributed by atoms with Gasteiger partial charge in [0.2, 0.25) is 0 Å². The van der Waals surface area contributed by atoms with E-state index in [9.17, 15) is 0 Å². The first kappa shape index (κ1) is 12.8. The van der Waals surface area contributed by atoms with Crippen LogP contribution in [-0.4, -0.2) is 21.5 Å². The van der Waals surface area contributed by atoms with E-state index >= 15 is 0 Å². The summed E-state index contributed by atoms with van der Waals surface area (Å²) in [7, 11) is 0. The van der Waals surface area contributed by atoms with Gasteiger partial charge in [0.15, 0.2) is 0 Å². The molecular weight excluding hydrogens is 224 g/mol. The number of aromatic nitrogens is 3. The molecule has 2 aromatic rings. The van der Waals surface area contributed by atoms with E-state index < -0.39 is 0 Å². The Labute approximate surface area is 108 Å². The Morgan fingerprint density at radius 2 is 2.22 bits per heavy atom. The summed E-state index contributed by atoms with van der Waals surface area (Å²) >= 11 is 0. The van der Waals surface area contributed by atoms with E-state index in [1.807, 2.05) is 30.6 Å². The van der Waals surface area contributed by atoms with Crippen LogP contribution < -0.4 is 5.32 Å². The van der Waals surface area contributed by atoms with Crippen molar-refractivity contribution in [2.75, 3.05) is 6.54 Å². The van der Waals surface area contributed by atoms with Crippen LogP contribution in [0.4, 0.5) is 0 Å². The van der Waals surface area contributed by atoms with Crippen molar-refractivity contribution in [2.24, 2.45) is 0 Å². The van der Waals surface area contributed by atoms with Gasteiger partial charge >= 0.3 is 0 Å². The number of hydrogen-bond donors (Lipinski definition) is 2. The normalized spacial score (nSPS) is 12.6. The highest BCUT2D eigenvalue weighted by Crippen LogP contribution is 2.11. The Balaban J connectivity index is 1.98. The van der Waals surface area contributed by atoms with Crippen LogP contribution in [0.25, 0.3) is 0 Å². The van der Waals surface area contributed by atoms with Crippen molar-refractivity contribution in [3.8, 4) is 0 Å². The molecule has 2 aromatic heterocycles. The number of nitrogens with zero attached hydrogens (tertiary/aromatic N) is 2. The zero-order valence-electron chi connectivity index (χ0n) is 11.0. The van der Waals surface area contributed by atoms with Crippen LogP contribution >= 0.6 is 0 Å². The lowest BCUT2D eigenvalue weighted by Crippen LogP contribution is -2.19. The van der Waals surface area contributed by atoms with Crippen molar-refractivity contribution in [3.05, 3.63) is 47.8 Å². The maximum Gasteiger partial charge on any atom is 0.112 e. The predicted octanol–water partition coefficient (Wildman–Crippen LogP) is 2.46. The van der Waals surface area contributed by atoms with Crippen LogP contribution in [0.2, 0.25) is 0 Å². The fourth-order valence-electron chi connectivity index (χ4n) is 1.83. The van der Waals surface area contributed by atoms with Crippen molar-refractivity contribution in [2.45, 2.75) is 32.7 Å². The van der Waals surface area contributed by atoms with Crippen LogP contribution in [0.1, 0.15) is 43.5 Å². The van der Waals surface area contributed by atoms with Gasteiger partial charge in [0, 0.05) is 30.6 Å². The highest BCUT2D eigenvalue weighted by atomic mass is 15.0. The SMILES string of the molecule is CCCNC(C)c1cnc(Cc2ccccn2)[nH]1. The standard InChI is InChI=1S/C14H20N4/c1-3-7-15-11(2)13-10-17-14(18-13)9-12-6-4-5-8-16-12/h4-6,8,10-11,15H,3,7,9H2,1-2H3,(H,17,18). The number of nitrogens with one attached hydrogen (secondary N) is 2. The maximum absolute atomic E-state index is 4.41. The van der Waals surface area contributed by atoms with Crippen LogP contribution in [0.5, 0.6) is 0 Å². The summed E-state index contributed by atoms with van der Waals surface area (Å²) in [5.41, 5.74) is 2.17. The molecule has 0 saturated carbocycles. The van der Waals surface area contributed by atoms with Crippen molar-refractivity contribution in [1.29, 1.82) is 0 Å². The summed E-state index contributed by atoms with van der Waals surface area (Å²) in [6.45, 7) is 5.34. The number of pyridine rings is 1. The Bertz CT molecular complexity index is 464. The molecule has 0 amide bonds. The topological polar surface area (TPSA) is 53.6 Å². The van der Waals surface area contributed by atoms with E-state index in [-0.39, 0.29) is 0 Å². The minimum atomic E-state index is 0.315. The van der Waals surface area contributed by atoms with Crippen LogP contribution in [0, 0.1) is 0 Å². The lowest BCUT2D eigenvalue weighted by Gasteiger charge is -2.10. The Kier molecular flexibility index (Phi) is 4.47. The number of hydrogen-bond acceptors (Lipinski definition) is 3. The third-order valence-electron chi connectivity index (χ3n) is 2.89. The number of aromatic amines is 1. The molecule has 4 heteroatoms. The van der Waals surface area contributed by atoms with Gasteiger partial charge < -0.3 is 10.3 Å². The second kappa shape index (κ2) is 6.31. The molecule has 0 aliphatic heterocycles. The molecule has 2 N–H and O–H groups in total. The first-order valence-electron chi connectivity index (χ1n) is 6.46. The second-order valence-corrected chi connectivity index (χ2v) is 4.46. The molecule has 2 rings (SSSR count). The quantitative estimate of drug-likeness (QED) is 0.820. The van der Waals surface area contributed by atoms with Crippen LogP contribution in [0.3, 0.4) is 0 Å². The molecule has 96 valence electrons. The minimum Gasteiger partial charge on any atom is -0.344 e. The lowest BCUT2D eigenvalue weighted by atomic mass is 10.2. The summed E-state index contributed by atoms with van der Waals surface area (Å²) in [4.78, 5) is 12.1. The summed E-state index contributed by atoms with van der Waals surface area (Å²) in [6.07, 6.45) is 5.61. The third-order valence-corrected chi connectivity index (χ3v) is 2.89. The van der Waals surface area contributed by atoms with E-state index in [0.29, 0.717) is 6.04 Å². The van der Waals surface area contributed by atoms with Gasteiger partial charge in [-0.05, 0) is 32.0 Å². The van der Waals surface area contributed by atoms with Crippen molar-refractivity contribution in [1.82, 2.24) is 20.3 Å². The maximum atomic E-state index is 4.41. The van der Waals surface area contributed by atoms with E-state index in [1.54, 1.807) is 0 Å². The average Bonchev–Trinajstić information content (AvgIpc) is 2.86. The van der Waals surface area contributed by atoms with Crippen LogP contribution in [-0.2, 0) is 6.42 Å². The van der Waals surface area contributed by atoms with Gasteiger partial charge in [-0.2, -0.15) is 0 Å². The lowest BCUT2D eigenvalue weighted by molar-refractivity contribution is 0.560. The largest absolute Gasteiger partial charge is 0.344 e. The predicted molar refractivity (Wildman–Crippen MR) is 72.3 cm³/mol. The van der Waals surface area contributed by atoms with E-state index in [2.05, 4.69) is 34.1 Å². The Hall–Kier alpha value is -1.68. The van der Waals surface area contributed by atoms with Crippen molar-refractivity contribution < 1.29 is 0 Å². The first-order valence-corrected chi connectivity index (χ1v) is 6.46. The molecule has 0 radical (unpaired) electrons. The smallest absolute Gasteiger partial charge is 0.112 e.